The zero-order valence-corrected chi connectivity index (χ0v) is 18.7. The van der Waals surface area contributed by atoms with Crippen molar-refractivity contribution in [1.29, 1.82) is 0 Å². The van der Waals surface area contributed by atoms with Crippen molar-refractivity contribution in [2.45, 2.75) is 18.4 Å². The highest BCUT2D eigenvalue weighted by molar-refractivity contribution is 7.92. The molecule has 3 aromatic carbocycles. The molecule has 3 aromatic rings. The van der Waals surface area contributed by atoms with E-state index in [0.717, 1.165) is 11.1 Å². The Morgan fingerprint density at radius 3 is 2.44 bits per heavy atom. The molecular weight excluding hydrogens is 428 g/mol. The number of hydrogen-bond acceptors (Lipinski definition) is 5. The third-order valence-electron chi connectivity index (χ3n) is 5.07. The van der Waals surface area contributed by atoms with Gasteiger partial charge in [-0.3, -0.25) is 9.52 Å². The van der Waals surface area contributed by atoms with Crippen molar-refractivity contribution in [3.05, 3.63) is 83.4 Å². The molecule has 0 fully saturated rings. The number of ether oxygens (including phenoxy) is 2. The maximum absolute atomic E-state index is 13.0. The van der Waals surface area contributed by atoms with Gasteiger partial charge in [0.25, 0.3) is 15.9 Å². The number of benzene rings is 3. The van der Waals surface area contributed by atoms with E-state index in [1.54, 1.807) is 31.3 Å². The molecule has 1 heterocycles. The number of carbonyl (C=O) groups is 1. The quantitative estimate of drug-likeness (QED) is 0.614. The van der Waals surface area contributed by atoms with Gasteiger partial charge in [0.1, 0.15) is 13.2 Å². The van der Waals surface area contributed by atoms with Gasteiger partial charge in [-0.05, 0) is 55.0 Å². The monoisotopic (exact) mass is 452 g/mol. The van der Waals surface area contributed by atoms with Crippen molar-refractivity contribution >= 4 is 21.6 Å². The Morgan fingerprint density at radius 2 is 1.69 bits per heavy atom. The molecule has 0 aromatic heterocycles. The van der Waals surface area contributed by atoms with Crippen LogP contribution in [0.4, 0.5) is 5.69 Å². The molecule has 1 aliphatic heterocycles. The van der Waals surface area contributed by atoms with Crippen molar-refractivity contribution in [1.82, 2.24) is 4.90 Å². The first-order valence-corrected chi connectivity index (χ1v) is 11.6. The molecule has 32 heavy (non-hydrogen) atoms. The molecule has 0 atom stereocenters. The molecule has 0 saturated heterocycles. The number of nitrogens with zero attached hydrogens (tertiary/aromatic N) is 1. The molecule has 8 heteroatoms. The maximum atomic E-state index is 13.0. The van der Waals surface area contributed by atoms with Crippen LogP contribution in [0.25, 0.3) is 0 Å². The van der Waals surface area contributed by atoms with Crippen LogP contribution < -0.4 is 14.2 Å². The van der Waals surface area contributed by atoms with Gasteiger partial charge in [0, 0.05) is 24.8 Å². The van der Waals surface area contributed by atoms with Crippen LogP contribution in [-0.2, 0) is 16.6 Å². The standard InChI is InChI=1S/C24H24N2O5S/c1-17-6-9-20(10-7-17)25-32(28,29)21-5-3-4-19(15-21)24(27)26(2)16-18-8-11-22-23(14-18)31-13-12-30-22/h3-11,14-15,25H,12-13,16H2,1-2H3. The summed E-state index contributed by atoms with van der Waals surface area (Å²) < 4.78 is 39.3. The van der Waals surface area contributed by atoms with Crippen LogP contribution >= 0.6 is 0 Å². The average molecular weight is 453 g/mol. The van der Waals surface area contributed by atoms with Gasteiger partial charge in [0.2, 0.25) is 0 Å². The topological polar surface area (TPSA) is 84.9 Å². The van der Waals surface area contributed by atoms with E-state index in [0.29, 0.717) is 36.9 Å². The normalized spacial score (nSPS) is 12.8. The minimum atomic E-state index is -3.83. The van der Waals surface area contributed by atoms with E-state index in [1.807, 2.05) is 37.3 Å². The second-order valence-corrected chi connectivity index (χ2v) is 9.32. The van der Waals surface area contributed by atoms with Crippen LogP contribution in [0.5, 0.6) is 11.5 Å². The van der Waals surface area contributed by atoms with Gasteiger partial charge in [0.15, 0.2) is 11.5 Å². The Balaban J connectivity index is 1.49. The molecule has 0 radical (unpaired) electrons. The molecule has 1 amide bonds. The van der Waals surface area contributed by atoms with Crippen LogP contribution in [0, 0.1) is 6.92 Å². The van der Waals surface area contributed by atoms with Gasteiger partial charge < -0.3 is 14.4 Å². The van der Waals surface area contributed by atoms with E-state index in [9.17, 15) is 13.2 Å². The van der Waals surface area contributed by atoms with E-state index in [-0.39, 0.29) is 16.4 Å². The van der Waals surface area contributed by atoms with Gasteiger partial charge in [-0.25, -0.2) is 8.42 Å². The summed E-state index contributed by atoms with van der Waals surface area (Å²) >= 11 is 0. The third kappa shape index (κ3) is 4.86. The maximum Gasteiger partial charge on any atom is 0.261 e. The molecule has 0 unspecified atom stereocenters. The lowest BCUT2D eigenvalue weighted by Gasteiger charge is -2.21. The number of fused-ring (bicyclic) bond motifs is 1. The summed E-state index contributed by atoms with van der Waals surface area (Å²) in [7, 11) is -2.16. The van der Waals surface area contributed by atoms with Gasteiger partial charge in [-0.2, -0.15) is 0 Å². The highest BCUT2D eigenvalue weighted by Gasteiger charge is 2.19. The van der Waals surface area contributed by atoms with Crippen LogP contribution in [0.3, 0.4) is 0 Å². The summed E-state index contributed by atoms with van der Waals surface area (Å²) in [6, 6.07) is 18.6. The van der Waals surface area contributed by atoms with Crippen molar-refractivity contribution in [2.24, 2.45) is 0 Å². The predicted molar refractivity (Wildman–Crippen MR) is 122 cm³/mol. The first-order chi connectivity index (χ1) is 15.3. The minimum Gasteiger partial charge on any atom is -0.486 e. The van der Waals surface area contributed by atoms with E-state index < -0.39 is 10.0 Å². The lowest BCUT2D eigenvalue weighted by Crippen LogP contribution is -2.26. The lowest BCUT2D eigenvalue weighted by molar-refractivity contribution is 0.0784. The molecule has 0 bridgehead atoms. The molecule has 1 aliphatic rings. The van der Waals surface area contributed by atoms with E-state index in [2.05, 4.69) is 4.72 Å². The first-order valence-electron chi connectivity index (χ1n) is 10.2. The van der Waals surface area contributed by atoms with Gasteiger partial charge in [-0.15, -0.1) is 0 Å². The SMILES string of the molecule is Cc1ccc(NS(=O)(=O)c2cccc(C(=O)N(C)Cc3ccc4c(c3)OCCO4)c2)cc1. The molecular formula is C24H24N2O5S. The molecule has 7 nitrogen and oxygen atoms in total. The zero-order valence-electron chi connectivity index (χ0n) is 17.9. The smallest absolute Gasteiger partial charge is 0.261 e. The fourth-order valence-corrected chi connectivity index (χ4v) is 4.49. The zero-order chi connectivity index (χ0) is 22.7. The number of hydrogen-bond donors (Lipinski definition) is 1. The van der Waals surface area contributed by atoms with Crippen LogP contribution in [-0.4, -0.2) is 39.5 Å². The summed E-state index contributed by atoms with van der Waals surface area (Å²) in [5.41, 5.74) is 2.66. The lowest BCUT2D eigenvalue weighted by atomic mass is 10.1. The number of rotatable bonds is 6. The van der Waals surface area contributed by atoms with Crippen LogP contribution in [0.2, 0.25) is 0 Å². The third-order valence-corrected chi connectivity index (χ3v) is 6.45. The summed E-state index contributed by atoms with van der Waals surface area (Å²) in [5, 5.41) is 0. The highest BCUT2D eigenvalue weighted by atomic mass is 32.2. The molecule has 4 rings (SSSR count). The Morgan fingerprint density at radius 1 is 0.969 bits per heavy atom. The van der Waals surface area contributed by atoms with Crippen molar-refractivity contribution in [2.75, 3.05) is 25.0 Å². The Labute approximate surface area is 187 Å². The first kappa shape index (κ1) is 21.7. The number of anilines is 1. The largest absolute Gasteiger partial charge is 0.486 e. The average Bonchev–Trinajstić information content (AvgIpc) is 2.80. The van der Waals surface area contributed by atoms with Crippen molar-refractivity contribution < 1.29 is 22.7 Å². The summed E-state index contributed by atoms with van der Waals surface area (Å²) in [6.45, 7) is 3.27. The Hall–Kier alpha value is -3.52. The van der Waals surface area contributed by atoms with Crippen molar-refractivity contribution in [3.8, 4) is 11.5 Å². The summed E-state index contributed by atoms with van der Waals surface area (Å²) in [4.78, 5) is 14.5. The highest BCUT2D eigenvalue weighted by Crippen LogP contribution is 2.31. The number of sulfonamides is 1. The van der Waals surface area contributed by atoms with E-state index >= 15 is 0 Å². The van der Waals surface area contributed by atoms with E-state index in [1.165, 1.54) is 17.0 Å². The van der Waals surface area contributed by atoms with E-state index in [4.69, 9.17) is 9.47 Å². The van der Waals surface area contributed by atoms with Gasteiger partial charge >= 0.3 is 0 Å². The number of amides is 1. The second kappa shape index (κ2) is 8.92. The summed E-state index contributed by atoms with van der Waals surface area (Å²) in [5.74, 6) is 1.06. The van der Waals surface area contributed by atoms with Crippen LogP contribution in [0.15, 0.2) is 71.6 Å². The number of aryl methyl sites for hydroxylation is 1. The van der Waals surface area contributed by atoms with Crippen LogP contribution in [0.1, 0.15) is 21.5 Å². The molecule has 166 valence electrons. The molecule has 0 spiro atoms. The Bertz CT molecular complexity index is 1240. The molecule has 0 aliphatic carbocycles. The molecule has 1 N–H and O–H groups in total. The minimum absolute atomic E-state index is 0.0247. The molecule has 0 saturated carbocycles. The number of carbonyl (C=O) groups excluding carboxylic acids is 1. The van der Waals surface area contributed by atoms with Crippen molar-refractivity contribution in [3.63, 3.8) is 0 Å². The fourth-order valence-electron chi connectivity index (χ4n) is 3.38. The predicted octanol–water partition coefficient (Wildman–Crippen LogP) is 3.84. The Kier molecular flexibility index (Phi) is 6.05. The number of nitrogens with one attached hydrogen (secondary N) is 1. The fraction of sp³-hybridized carbons (Fsp3) is 0.208. The van der Waals surface area contributed by atoms with Gasteiger partial charge in [-0.1, -0.05) is 29.8 Å². The summed E-state index contributed by atoms with van der Waals surface area (Å²) in [6.07, 6.45) is 0. The van der Waals surface area contributed by atoms with Gasteiger partial charge in [0.05, 0.1) is 4.90 Å². The second-order valence-electron chi connectivity index (χ2n) is 7.64.